The maximum absolute atomic E-state index is 2.51. The Kier molecular flexibility index (Phi) is 13.0. The van der Waals surface area contributed by atoms with Gasteiger partial charge in [0.05, 0.1) is 55.5 Å². The Morgan fingerprint density at radius 2 is 0.490 bits per heavy atom. The fraction of sp³-hybridized carbons (Fsp3) is 0. The summed E-state index contributed by atoms with van der Waals surface area (Å²) >= 11 is 0. The van der Waals surface area contributed by atoms with Crippen molar-refractivity contribution in [3.8, 4) is 56.1 Å². The van der Waals surface area contributed by atoms with Crippen LogP contribution in [0, 0.1) is 0 Å². The van der Waals surface area contributed by atoms with Crippen LogP contribution in [0.1, 0.15) is 0 Å². The molecule has 4 heteroatoms. The van der Waals surface area contributed by atoms with Crippen molar-refractivity contribution in [2.75, 3.05) is 0 Å². The number of para-hydroxylation sites is 5. The van der Waals surface area contributed by atoms with Crippen molar-refractivity contribution in [3.63, 3.8) is 0 Å². The summed E-state index contributed by atoms with van der Waals surface area (Å²) in [4.78, 5) is 0. The average molecular weight is 1300 g/mol. The molecule has 0 radical (unpaired) electrons. The first-order valence-corrected chi connectivity index (χ1v) is 35.2. The molecule has 0 saturated carbocycles. The molecule has 102 heavy (non-hydrogen) atoms. The van der Waals surface area contributed by atoms with E-state index >= 15 is 0 Å². The molecule has 0 aliphatic rings. The van der Waals surface area contributed by atoms with Crippen molar-refractivity contribution in [2.45, 2.75) is 0 Å². The highest BCUT2D eigenvalue weighted by Gasteiger charge is 2.23. The highest BCUT2D eigenvalue weighted by atomic mass is 15.0. The van der Waals surface area contributed by atoms with Crippen molar-refractivity contribution in [1.29, 1.82) is 0 Å². The zero-order valence-electron chi connectivity index (χ0n) is 55.6. The van der Waals surface area contributed by atoms with Crippen molar-refractivity contribution in [1.82, 2.24) is 18.3 Å². The van der Waals surface area contributed by atoms with Gasteiger partial charge >= 0.3 is 0 Å². The molecule has 4 aromatic heterocycles. The fourth-order valence-electron chi connectivity index (χ4n) is 17.0. The van der Waals surface area contributed by atoms with Crippen molar-refractivity contribution in [3.05, 3.63) is 376 Å². The fourth-order valence-corrected chi connectivity index (χ4v) is 17.0. The van der Waals surface area contributed by atoms with E-state index in [0.717, 1.165) is 0 Å². The molecule has 0 spiro atoms. The van der Waals surface area contributed by atoms with E-state index in [0.29, 0.717) is 0 Å². The van der Waals surface area contributed by atoms with Gasteiger partial charge in [0, 0.05) is 70.6 Å². The lowest BCUT2D eigenvalue weighted by Crippen LogP contribution is -1.99. The van der Waals surface area contributed by atoms with Gasteiger partial charge in [-0.2, -0.15) is 0 Å². The predicted octanol–water partition coefficient (Wildman–Crippen LogP) is 26.5. The zero-order valence-corrected chi connectivity index (χ0v) is 55.6. The second-order valence-corrected chi connectivity index (χ2v) is 27.0. The number of benzene rings is 18. The van der Waals surface area contributed by atoms with Gasteiger partial charge in [-0.25, -0.2) is 0 Å². The summed E-state index contributed by atoms with van der Waals surface area (Å²) in [5.41, 5.74) is 21.9. The highest BCUT2D eigenvalue weighted by molar-refractivity contribution is 6.22. The number of rotatable bonds is 7. The van der Waals surface area contributed by atoms with E-state index in [4.69, 9.17) is 0 Å². The van der Waals surface area contributed by atoms with E-state index in [-0.39, 0.29) is 0 Å². The molecule has 0 bridgehead atoms. The van der Waals surface area contributed by atoms with Crippen LogP contribution in [0.4, 0.5) is 0 Å². The minimum absolute atomic E-state index is 1.17. The van der Waals surface area contributed by atoms with Gasteiger partial charge in [0.1, 0.15) is 0 Å². The van der Waals surface area contributed by atoms with Gasteiger partial charge in [0.25, 0.3) is 0 Å². The van der Waals surface area contributed by atoms with Gasteiger partial charge in [0.2, 0.25) is 0 Å². The van der Waals surface area contributed by atoms with Gasteiger partial charge in [-0.1, -0.05) is 273 Å². The first kappa shape index (κ1) is 57.5. The highest BCUT2D eigenvalue weighted by Crippen LogP contribution is 2.47. The second kappa shape index (κ2) is 23.0. The Bertz CT molecular complexity index is 7130. The first-order chi connectivity index (χ1) is 50.6. The zero-order chi connectivity index (χ0) is 66.9. The minimum Gasteiger partial charge on any atom is -0.309 e. The molecular formula is C98H62N4. The average Bonchev–Trinajstić information content (AvgIpc) is 1.52. The molecular weight excluding hydrogens is 1230 g/mol. The summed E-state index contributed by atoms with van der Waals surface area (Å²) < 4.78 is 9.75. The number of aromatic nitrogens is 4. The topological polar surface area (TPSA) is 19.7 Å². The van der Waals surface area contributed by atoms with Crippen LogP contribution in [0.25, 0.3) is 197 Å². The van der Waals surface area contributed by atoms with Crippen LogP contribution in [-0.4, -0.2) is 18.3 Å². The Morgan fingerprint density at radius 1 is 0.147 bits per heavy atom. The molecule has 0 unspecified atom stereocenters. The molecule has 0 saturated heterocycles. The lowest BCUT2D eigenvalue weighted by atomic mass is 9.90. The summed E-state index contributed by atoms with van der Waals surface area (Å²) in [6.45, 7) is 0. The molecule has 0 aliphatic heterocycles. The van der Waals surface area contributed by atoms with Crippen molar-refractivity contribution < 1.29 is 0 Å². The molecule has 0 fully saturated rings. The summed E-state index contributed by atoms with van der Waals surface area (Å²) in [5, 5.41) is 22.6. The molecule has 0 amide bonds. The third kappa shape index (κ3) is 8.89. The molecule has 4 heterocycles. The summed E-state index contributed by atoms with van der Waals surface area (Å²) in [5.74, 6) is 0. The van der Waals surface area contributed by atoms with E-state index in [1.807, 2.05) is 0 Å². The van der Waals surface area contributed by atoms with Crippen molar-refractivity contribution >= 4 is 141 Å². The van der Waals surface area contributed by atoms with E-state index in [1.54, 1.807) is 0 Å². The van der Waals surface area contributed by atoms with Crippen LogP contribution in [0.3, 0.4) is 0 Å². The van der Waals surface area contributed by atoms with Crippen molar-refractivity contribution in [2.24, 2.45) is 0 Å². The van der Waals surface area contributed by atoms with Crippen LogP contribution in [-0.2, 0) is 0 Å². The molecule has 4 nitrogen and oxygen atoms in total. The summed E-state index contributed by atoms with van der Waals surface area (Å²) in [7, 11) is 0. The van der Waals surface area contributed by atoms with Crippen LogP contribution in [0.15, 0.2) is 376 Å². The molecule has 0 N–H and O–H groups in total. The van der Waals surface area contributed by atoms with E-state index in [9.17, 15) is 0 Å². The lowest BCUT2D eigenvalue weighted by Gasteiger charge is -2.19. The van der Waals surface area contributed by atoms with E-state index < -0.39 is 0 Å². The Hall–Kier alpha value is -13.5. The monoisotopic (exact) mass is 1290 g/mol. The number of hydrogen-bond donors (Lipinski definition) is 0. The first-order valence-electron chi connectivity index (χ1n) is 35.2. The third-order valence-corrected chi connectivity index (χ3v) is 21.5. The SMILES string of the molecule is c1ccc(-c2c3ccccc3c(-n3c4ccccc4c4cc(-c5ccc6c(c5)c5ccccc5n6-c5ccc6ccccc6c5)ccc43)c3ccccc23)cc1.c1ccc(-n2c3ccccc3c3cc(-c4ccc5c(c4)c4ccccc4n5-c4cc5ccccc5c5ccccc45)ccc32)cc1. The molecule has 22 rings (SSSR count). The Morgan fingerprint density at radius 3 is 1.00 bits per heavy atom. The van der Waals surface area contributed by atoms with Crippen LogP contribution in [0.5, 0.6) is 0 Å². The standard InChI is InChI=1S/C54H34N2.C44H28N2/c1-2-15-36(16-3-1)53-43-20-6-8-22-45(43)54(46-23-9-7-21-44(46)53)56-50-25-13-11-19-42(50)48-34-39(28-31-52(48)56)38-27-30-51-47(33-38)41-18-10-12-24-49(41)55(51)40-29-26-35-14-4-5-17-37(35)32-40;1-2-13-32(14-3-1)45-40-20-10-8-18-36(40)38-26-29(22-24-42(38)45)30-23-25-43-39(27-30)37-19-9-11-21-41(37)46(43)44-28-31-12-4-5-15-33(31)34-16-6-7-17-35(34)44/h1-34H;1-28H. The van der Waals surface area contributed by atoms with E-state index in [2.05, 4.69) is 394 Å². The second-order valence-electron chi connectivity index (χ2n) is 27.0. The van der Waals surface area contributed by atoms with Gasteiger partial charge in [0.15, 0.2) is 0 Å². The maximum Gasteiger partial charge on any atom is 0.0619 e. The van der Waals surface area contributed by atoms with Crippen LogP contribution < -0.4 is 0 Å². The molecule has 22 aromatic rings. The molecule has 0 aliphatic carbocycles. The van der Waals surface area contributed by atoms with Gasteiger partial charge < -0.3 is 18.3 Å². The molecule has 474 valence electrons. The van der Waals surface area contributed by atoms with Gasteiger partial charge in [-0.3, -0.25) is 0 Å². The Balaban J connectivity index is 0.000000135. The molecule has 18 aromatic carbocycles. The van der Waals surface area contributed by atoms with E-state index in [1.165, 1.54) is 197 Å². The van der Waals surface area contributed by atoms with Crippen LogP contribution >= 0.6 is 0 Å². The normalized spacial score (nSPS) is 11.9. The lowest BCUT2D eigenvalue weighted by molar-refractivity contribution is 1.18. The largest absolute Gasteiger partial charge is 0.309 e. The third-order valence-electron chi connectivity index (χ3n) is 21.5. The summed E-state index contributed by atoms with van der Waals surface area (Å²) in [6.07, 6.45) is 0. The number of fused-ring (bicyclic) bond motifs is 18. The van der Waals surface area contributed by atoms with Gasteiger partial charge in [-0.15, -0.1) is 0 Å². The number of hydrogen-bond acceptors (Lipinski definition) is 0. The van der Waals surface area contributed by atoms with Gasteiger partial charge in [-0.05, 0) is 174 Å². The quantitative estimate of drug-likeness (QED) is 0.112. The van der Waals surface area contributed by atoms with Crippen LogP contribution in [0.2, 0.25) is 0 Å². The predicted molar refractivity (Wildman–Crippen MR) is 434 cm³/mol. The number of nitrogens with zero attached hydrogens (tertiary/aromatic N) is 4. The smallest absolute Gasteiger partial charge is 0.0619 e. The maximum atomic E-state index is 2.51. The minimum atomic E-state index is 1.17. The molecule has 0 atom stereocenters. The Labute approximate surface area is 587 Å². The summed E-state index contributed by atoms with van der Waals surface area (Å²) in [6, 6.07) is 138.